The van der Waals surface area contributed by atoms with Crippen molar-refractivity contribution in [3.8, 4) is 0 Å². The van der Waals surface area contributed by atoms with Gasteiger partial charge in [-0.1, -0.05) is 30.0 Å². The Balaban J connectivity index is 1.56. The zero-order chi connectivity index (χ0) is 21.8. The minimum absolute atomic E-state index is 0.000271. The molecule has 3 aromatic rings. The minimum atomic E-state index is -0.280. The van der Waals surface area contributed by atoms with Gasteiger partial charge in [0.15, 0.2) is 0 Å². The Bertz CT molecular complexity index is 1080. The maximum atomic E-state index is 13.3. The monoisotopic (exact) mass is 440 g/mol. The van der Waals surface area contributed by atoms with Crippen LogP contribution in [0.3, 0.4) is 0 Å². The molecule has 162 valence electrons. The summed E-state index contributed by atoms with van der Waals surface area (Å²) in [7, 11) is 0. The molecule has 0 bridgehead atoms. The van der Waals surface area contributed by atoms with Crippen molar-refractivity contribution in [1.82, 2.24) is 9.88 Å². The van der Waals surface area contributed by atoms with Gasteiger partial charge in [0.2, 0.25) is 5.91 Å². The van der Waals surface area contributed by atoms with Gasteiger partial charge < -0.3 is 14.6 Å². The van der Waals surface area contributed by atoms with E-state index in [2.05, 4.69) is 4.98 Å². The highest BCUT2D eigenvalue weighted by Crippen LogP contribution is 2.35. The first kappa shape index (κ1) is 21.4. The fraction of sp³-hybridized carbons (Fsp3) is 0.333. The van der Waals surface area contributed by atoms with Crippen LogP contribution in [-0.4, -0.2) is 41.5 Å². The standard InChI is InChI=1S/C24H25FN2O3S/c1-2-30-24(29)16-6-5-13-27(15-16)22(28)14-20-19-7-3-4-8-21(19)26-23(20)31-18-11-9-17(25)10-12-18/h3-4,7-12,16,26H,2,5-6,13-15H2,1H3. The third-order valence-electron chi connectivity index (χ3n) is 5.53. The van der Waals surface area contributed by atoms with E-state index in [0.717, 1.165) is 39.2 Å². The number of aromatic nitrogens is 1. The van der Waals surface area contributed by atoms with Gasteiger partial charge in [-0.05, 0) is 50.1 Å². The molecule has 1 aromatic heterocycles. The van der Waals surface area contributed by atoms with Crippen LogP contribution in [0.25, 0.3) is 10.9 Å². The molecule has 1 fully saturated rings. The Morgan fingerprint density at radius 1 is 1.19 bits per heavy atom. The van der Waals surface area contributed by atoms with E-state index in [0.29, 0.717) is 19.7 Å². The fourth-order valence-electron chi connectivity index (χ4n) is 3.98. The van der Waals surface area contributed by atoms with E-state index in [4.69, 9.17) is 4.74 Å². The molecule has 0 saturated carbocycles. The molecule has 2 aromatic carbocycles. The lowest BCUT2D eigenvalue weighted by Crippen LogP contribution is -2.43. The number of esters is 1. The second-order valence-electron chi connectivity index (χ2n) is 7.64. The Kier molecular flexibility index (Phi) is 6.61. The largest absolute Gasteiger partial charge is 0.466 e. The second kappa shape index (κ2) is 9.56. The number of amides is 1. The molecule has 2 heterocycles. The molecule has 0 radical (unpaired) electrons. The molecule has 7 heteroatoms. The molecule has 4 rings (SSSR count). The number of ether oxygens (including phenoxy) is 1. The van der Waals surface area contributed by atoms with Crippen molar-refractivity contribution in [3.05, 3.63) is 59.9 Å². The summed E-state index contributed by atoms with van der Waals surface area (Å²) in [6, 6.07) is 14.2. The van der Waals surface area contributed by atoms with E-state index >= 15 is 0 Å². The average molecular weight is 441 g/mol. The fourth-order valence-corrected chi connectivity index (χ4v) is 4.95. The Morgan fingerprint density at radius 2 is 1.97 bits per heavy atom. The number of nitrogens with zero attached hydrogens (tertiary/aromatic N) is 1. The number of piperidine rings is 1. The molecule has 1 atom stereocenters. The maximum absolute atomic E-state index is 13.3. The van der Waals surface area contributed by atoms with Crippen molar-refractivity contribution >= 4 is 34.5 Å². The molecule has 1 aliphatic rings. The average Bonchev–Trinajstić information content (AvgIpc) is 3.12. The van der Waals surface area contributed by atoms with E-state index in [-0.39, 0.29) is 30.0 Å². The smallest absolute Gasteiger partial charge is 0.310 e. The molecule has 31 heavy (non-hydrogen) atoms. The summed E-state index contributed by atoms with van der Waals surface area (Å²) in [6.07, 6.45) is 1.78. The predicted octanol–water partition coefficient (Wildman–Crippen LogP) is 4.80. The Labute approximate surface area is 185 Å². The summed E-state index contributed by atoms with van der Waals surface area (Å²) in [4.78, 5) is 31.4. The van der Waals surface area contributed by atoms with E-state index in [9.17, 15) is 14.0 Å². The number of fused-ring (bicyclic) bond motifs is 1. The highest BCUT2D eigenvalue weighted by molar-refractivity contribution is 7.99. The van der Waals surface area contributed by atoms with Crippen molar-refractivity contribution < 1.29 is 18.7 Å². The molecule has 1 amide bonds. The molecule has 1 aliphatic heterocycles. The normalized spacial score (nSPS) is 16.5. The summed E-state index contributed by atoms with van der Waals surface area (Å²) >= 11 is 1.48. The van der Waals surface area contributed by atoms with Crippen molar-refractivity contribution in [2.75, 3.05) is 19.7 Å². The Hall–Kier alpha value is -2.80. The highest BCUT2D eigenvalue weighted by Gasteiger charge is 2.30. The molecule has 1 unspecified atom stereocenters. The summed E-state index contributed by atoms with van der Waals surface area (Å²) in [5, 5.41) is 1.87. The molecule has 5 nitrogen and oxygen atoms in total. The van der Waals surface area contributed by atoms with Gasteiger partial charge >= 0.3 is 5.97 Å². The van der Waals surface area contributed by atoms with Crippen LogP contribution in [0.1, 0.15) is 25.3 Å². The van der Waals surface area contributed by atoms with Gasteiger partial charge in [0.1, 0.15) is 5.82 Å². The molecule has 0 aliphatic carbocycles. The van der Waals surface area contributed by atoms with Crippen LogP contribution >= 0.6 is 11.8 Å². The number of aromatic amines is 1. The van der Waals surface area contributed by atoms with Crippen molar-refractivity contribution in [3.63, 3.8) is 0 Å². The lowest BCUT2D eigenvalue weighted by Gasteiger charge is -2.31. The van der Waals surface area contributed by atoms with E-state index in [1.54, 1.807) is 24.0 Å². The first-order valence-electron chi connectivity index (χ1n) is 10.5. The van der Waals surface area contributed by atoms with E-state index < -0.39 is 0 Å². The highest BCUT2D eigenvalue weighted by atomic mass is 32.2. The van der Waals surface area contributed by atoms with E-state index in [1.807, 2.05) is 24.3 Å². The number of rotatable bonds is 6. The number of para-hydroxylation sites is 1. The Morgan fingerprint density at radius 3 is 2.74 bits per heavy atom. The quantitative estimate of drug-likeness (QED) is 0.559. The van der Waals surface area contributed by atoms with Crippen LogP contribution in [0, 0.1) is 11.7 Å². The van der Waals surface area contributed by atoms with Crippen LogP contribution in [0.5, 0.6) is 0 Å². The van der Waals surface area contributed by atoms with Crippen molar-refractivity contribution in [2.45, 2.75) is 36.1 Å². The van der Waals surface area contributed by atoms with E-state index in [1.165, 1.54) is 23.9 Å². The predicted molar refractivity (Wildman–Crippen MR) is 118 cm³/mol. The first-order chi connectivity index (χ1) is 15.0. The van der Waals surface area contributed by atoms with Crippen LogP contribution in [0.4, 0.5) is 4.39 Å². The molecular weight excluding hydrogens is 415 g/mol. The summed E-state index contributed by atoms with van der Waals surface area (Å²) in [6.45, 7) is 3.20. The van der Waals surface area contributed by atoms with Crippen molar-refractivity contribution in [1.29, 1.82) is 0 Å². The minimum Gasteiger partial charge on any atom is -0.466 e. The summed E-state index contributed by atoms with van der Waals surface area (Å²) < 4.78 is 18.4. The van der Waals surface area contributed by atoms with Gasteiger partial charge in [-0.25, -0.2) is 4.39 Å². The van der Waals surface area contributed by atoms with Gasteiger partial charge in [0.25, 0.3) is 0 Å². The molecule has 0 spiro atoms. The molecule has 1 N–H and O–H groups in total. The zero-order valence-corrected chi connectivity index (χ0v) is 18.2. The second-order valence-corrected chi connectivity index (χ2v) is 8.73. The van der Waals surface area contributed by atoms with Gasteiger partial charge in [-0.3, -0.25) is 9.59 Å². The summed E-state index contributed by atoms with van der Waals surface area (Å²) in [5.74, 6) is -0.759. The molecule has 1 saturated heterocycles. The van der Waals surface area contributed by atoms with Gasteiger partial charge in [-0.15, -0.1) is 0 Å². The number of H-pyrrole nitrogens is 1. The number of carbonyl (C=O) groups excluding carboxylic acids is 2. The number of halogens is 1. The summed E-state index contributed by atoms with van der Waals surface area (Å²) in [5.41, 5.74) is 1.88. The lowest BCUT2D eigenvalue weighted by atomic mass is 9.97. The number of benzene rings is 2. The number of carbonyl (C=O) groups is 2. The van der Waals surface area contributed by atoms with Crippen LogP contribution < -0.4 is 0 Å². The number of hydrogen-bond donors (Lipinski definition) is 1. The SMILES string of the molecule is CCOC(=O)C1CCCN(C(=O)Cc2c(Sc3ccc(F)cc3)[nH]c3ccccc23)C1. The van der Waals surface area contributed by atoms with Crippen LogP contribution in [-0.2, 0) is 20.7 Å². The first-order valence-corrected chi connectivity index (χ1v) is 11.3. The van der Waals surface area contributed by atoms with Crippen LogP contribution in [0.15, 0.2) is 58.5 Å². The van der Waals surface area contributed by atoms with Gasteiger partial charge in [-0.2, -0.15) is 0 Å². The number of hydrogen-bond acceptors (Lipinski definition) is 4. The van der Waals surface area contributed by atoms with Crippen LogP contribution in [0.2, 0.25) is 0 Å². The van der Waals surface area contributed by atoms with Gasteiger partial charge in [0.05, 0.1) is 24.0 Å². The third-order valence-corrected chi connectivity index (χ3v) is 6.59. The number of likely N-dealkylation sites (tertiary alicyclic amines) is 1. The third kappa shape index (κ3) is 4.93. The van der Waals surface area contributed by atoms with Crippen molar-refractivity contribution in [2.24, 2.45) is 5.92 Å². The maximum Gasteiger partial charge on any atom is 0.310 e. The number of nitrogens with one attached hydrogen (secondary N) is 1. The zero-order valence-electron chi connectivity index (χ0n) is 17.4. The van der Waals surface area contributed by atoms with Gasteiger partial charge in [0, 0.05) is 34.5 Å². The molecular formula is C24H25FN2O3S. The lowest BCUT2D eigenvalue weighted by molar-refractivity contribution is -0.151. The topological polar surface area (TPSA) is 62.4 Å².